The number of halogens is 1. The molecule has 0 aromatic heterocycles. The molecule has 0 spiro atoms. The quantitative estimate of drug-likeness (QED) is 0.593. The first-order valence-electron chi connectivity index (χ1n) is 3.21. The number of benzene rings is 1. The van der Waals surface area contributed by atoms with Crippen LogP contribution in [0.15, 0.2) is 23.1 Å². The van der Waals surface area contributed by atoms with Gasteiger partial charge in [0.1, 0.15) is 6.26 Å². The Labute approximate surface area is 68.4 Å². The van der Waals surface area contributed by atoms with Crippen molar-refractivity contribution >= 4 is 11.2 Å². The van der Waals surface area contributed by atoms with Crippen LogP contribution in [0.1, 0.15) is 5.56 Å². The van der Waals surface area contributed by atoms with Crippen LogP contribution in [0.5, 0.6) is 0 Å². The Hall–Kier alpha value is -0.540. The highest BCUT2D eigenvalue weighted by Gasteiger charge is 2.12. The lowest BCUT2D eigenvalue weighted by Crippen LogP contribution is -2.01. The number of hydrogen-bond donors (Lipinski definition) is 0. The van der Waals surface area contributed by atoms with Crippen LogP contribution in [0.3, 0.4) is 0 Å². The Balaban J connectivity index is 3.17. The monoisotopic (exact) mass is 172 g/mol. The highest BCUT2D eigenvalue weighted by molar-refractivity contribution is 7.90. The highest BCUT2D eigenvalue weighted by atomic mass is 32.2. The molecule has 0 amide bonds. The van der Waals surface area contributed by atoms with Crippen molar-refractivity contribution in [2.45, 2.75) is 11.8 Å². The first-order chi connectivity index (χ1) is 5.13. The Morgan fingerprint density at radius 3 is 2.55 bits per heavy atom. The van der Waals surface area contributed by atoms with Gasteiger partial charge in [-0.05, 0) is 29.7 Å². The second-order valence-electron chi connectivity index (χ2n) is 2.34. The standard InChI is InChI=1S/C8H9FOS/c1-6-4-3-5-7(8(6)9)11(2)10/h3-5H,1-2H3. The summed E-state index contributed by atoms with van der Waals surface area (Å²) < 4.78 is 23.9. The third-order valence-electron chi connectivity index (χ3n) is 1.47. The molecule has 0 heterocycles. The normalized spacial score (nSPS) is 13.1. The minimum atomic E-state index is -1.23. The van der Waals surface area contributed by atoms with E-state index in [1.807, 2.05) is 0 Å². The van der Waals surface area contributed by atoms with Crippen LogP contribution in [0.2, 0.25) is 0 Å². The number of hydrogen-bond acceptors (Lipinski definition) is 1. The zero-order valence-corrected chi connectivity index (χ0v) is 7.24. The first kappa shape index (κ1) is 8.56. The molecular formula is C8H9FOS. The fraction of sp³-hybridized carbons (Fsp3) is 0.250. The van der Waals surface area contributed by atoms with Crippen LogP contribution >= 0.6 is 0 Å². The molecule has 1 rings (SSSR count). The lowest BCUT2D eigenvalue weighted by molar-refractivity contribution is 0.565. The van der Waals surface area contributed by atoms with Gasteiger partial charge in [0.15, 0.2) is 10.7 Å². The second-order valence-corrected chi connectivity index (χ2v) is 3.69. The third kappa shape index (κ3) is 1.73. The summed E-state index contributed by atoms with van der Waals surface area (Å²) in [5.41, 5.74) is 0.540. The van der Waals surface area contributed by atoms with E-state index in [0.717, 1.165) is 0 Å². The third-order valence-corrected chi connectivity index (χ3v) is 2.40. The van der Waals surface area contributed by atoms with Gasteiger partial charge in [-0.3, -0.25) is 0 Å². The maximum atomic E-state index is 13.1. The van der Waals surface area contributed by atoms with E-state index in [0.29, 0.717) is 5.56 Å². The molecular weight excluding hydrogens is 163 g/mol. The lowest BCUT2D eigenvalue weighted by Gasteiger charge is -2.05. The zero-order valence-electron chi connectivity index (χ0n) is 6.43. The van der Waals surface area contributed by atoms with E-state index in [9.17, 15) is 8.94 Å². The maximum Gasteiger partial charge on any atom is 0.188 e. The Morgan fingerprint density at radius 1 is 1.45 bits per heavy atom. The average molecular weight is 172 g/mol. The van der Waals surface area contributed by atoms with E-state index in [4.69, 9.17) is 0 Å². The molecule has 1 aromatic carbocycles. The first-order valence-corrected chi connectivity index (χ1v) is 4.77. The number of aryl methyl sites for hydroxylation is 1. The fourth-order valence-electron chi connectivity index (χ4n) is 0.843. The van der Waals surface area contributed by atoms with Gasteiger partial charge in [0.2, 0.25) is 0 Å². The average Bonchev–Trinajstić information content (AvgIpc) is 1.94. The summed E-state index contributed by atoms with van der Waals surface area (Å²) in [5.74, 6) is -0.353. The van der Waals surface area contributed by atoms with Crippen molar-refractivity contribution in [3.8, 4) is 0 Å². The van der Waals surface area contributed by atoms with Crippen LogP contribution < -0.4 is 0 Å². The minimum Gasteiger partial charge on any atom is -0.612 e. The molecule has 1 unspecified atom stereocenters. The van der Waals surface area contributed by atoms with E-state index < -0.39 is 11.2 Å². The Kier molecular flexibility index (Phi) is 2.52. The molecule has 1 aromatic rings. The largest absolute Gasteiger partial charge is 0.612 e. The molecule has 0 fully saturated rings. The number of rotatable bonds is 1. The van der Waals surface area contributed by atoms with Gasteiger partial charge in [0.05, 0.1) is 0 Å². The van der Waals surface area contributed by atoms with E-state index in [-0.39, 0.29) is 10.7 Å². The van der Waals surface area contributed by atoms with Crippen molar-refractivity contribution in [3.63, 3.8) is 0 Å². The fourth-order valence-corrected chi connectivity index (χ4v) is 1.53. The molecule has 11 heavy (non-hydrogen) atoms. The Bertz CT molecular complexity index is 260. The molecule has 1 atom stereocenters. The second kappa shape index (κ2) is 3.24. The van der Waals surface area contributed by atoms with Gasteiger partial charge in [-0.1, -0.05) is 12.1 Å². The predicted octanol–water partition coefficient (Wildman–Crippen LogP) is 1.87. The topological polar surface area (TPSA) is 23.1 Å². The van der Waals surface area contributed by atoms with Crippen LogP contribution in [0, 0.1) is 12.7 Å². The lowest BCUT2D eigenvalue weighted by atomic mass is 10.2. The Morgan fingerprint density at radius 2 is 2.09 bits per heavy atom. The van der Waals surface area contributed by atoms with Gasteiger partial charge in [-0.2, -0.15) is 0 Å². The molecule has 60 valence electrons. The van der Waals surface area contributed by atoms with E-state index in [1.165, 1.54) is 6.26 Å². The van der Waals surface area contributed by atoms with Crippen molar-refractivity contribution in [3.05, 3.63) is 29.6 Å². The summed E-state index contributed by atoms with van der Waals surface area (Å²) in [6.45, 7) is 1.66. The van der Waals surface area contributed by atoms with Crippen LogP contribution in [0.4, 0.5) is 4.39 Å². The van der Waals surface area contributed by atoms with Crippen molar-refractivity contribution in [2.24, 2.45) is 0 Å². The van der Waals surface area contributed by atoms with Crippen molar-refractivity contribution in [2.75, 3.05) is 6.26 Å². The van der Waals surface area contributed by atoms with Crippen LogP contribution in [-0.4, -0.2) is 10.8 Å². The van der Waals surface area contributed by atoms with Crippen molar-refractivity contribution < 1.29 is 8.94 Å². The SMILES string of the molecule is Cc1cccc([S+](C)[O-])c1F. The van der Waals surface area contributed by atoms with Crippen LogP contribution in [0.25, 0.3) is 0 Å². The molecule has 0 aliphatic heterocycles. The summed E-state index contributed by atoms with van der Waals surface area (Å²) in [4.78, 5) is 0.282. The summed E-state index contributed by atoms with van der Waals surface area (Å²) in [6.07, 6.45) is 1.47. The van der Waals surface area contributed by atoms with Gasteiger partial charge in [0, 0.05) is 0 Å². The van der Waals surface area contributed by atoms with Gasteiger partial charge < -0.3 is 4.55 Å². The summed E-state index contributed by atoms with van der Waals surface area (Å²) in [5, 5.41) is 0. The molecule has 0 aliphatic carbocycles. The predicted molar refractivity (Wildman–Crippen MR) is 43.5 cm³/mol. The van der Waals surface area contributed by atoms with Gasteiger partial charge in [-0.15, -0.1) is 0 Å². The molecule has 0 saturated heterocycles. The molecule has 3 heteroatoms. The van der Waals surface area contributed by atoms with Crippen LogP contribution in [-0.2, 0) is 11.2 Å². The van der Waals surface area contributed by atoms with E-state index >= 15 is 0 Å². The molecule has 0 radical (unpaired) electrons. The summed E-state index contributed by atoms with van der Waals surface area (Å²) in [7, 11) is 0. The molecule has 0 bridgehead atoms. The van der Waals surface area contributed by atoms with Crippen molar-refractivity contribution in [1.82, 2.24) is 0 Å². The molecule has 1 nitrogen and oxygen atoms in total. The van der Waals surface area contributed by atoms with E-state index in [1.54, 1.807) is 25.1 Å². The molecule has 0 N–H and O–H groups in total. The highest BCUT2D eigenvalue weighted by Crippen LogP contribution is 2.16. The smallest absolute Gasteiger partial charge is 0.188 e. The van der Waals surface area contributed by atoms with Gasteiger partial charge in [-0.25, -0.2) is 4.39 Å². The van der Waals surface area contributed by atoms with Gasteiger partial charge in [0.25, 0.3) is 0 Å². The van der Waals surface area contributed by atoms with Crippen molar-refractivity contribution in [1.29, 1.82) is 0 Å². The summed E-state index contributed by atoms with van der Waals surface area (Å²) in [6, 6.07) is 4.90. The maximum absolute atomic E-state index is 13.1. The summed E-state index contributed by atoms with van der Waals surface area (Å²) >= 11 is -1.23. The minimum absolute atomic E-state index is 0.282. The molecule has 0 saturated carbocycles. The van der Waals surface area contributed by atoms with Gasteiger partial charge >= 0.3 is 0 Å². The zero-order chi connectivity index (χ0) is 8.43. The van der Waals surface area contributed by atoms with E-state index in [2.05, 4.69) is 0 Å². The molecule has 0 aliphatic rings.